The molecule has 7 heteroatoms. The number of nitrogens with one attached hydrogen (secondary N) is 1. The lowest BCUT2D eigenvalue weighted by molar-refractivity contribution is -0.144. The molecule has 102 valence electrons. The summed E-state index contributed by atoms with van der Waals surface area (Å²) in [5.41, 5.74) is -0.658. The highest BCUT2D eigenvalue weighted by Crippen LogP contribution is 2.29. The van der Waals surface area contributed by atoms with Crippen LogP contribution >= 0.6 is 0 Å². The van der Waals surface area contributed by atoms with Crippen molar-refractivity contribution in [3.8, 4) is 0 Å². The molecule has 1 N–H and O–H groups in total. The predicted molar refractivity (Wildman–Crippen MR) is 59.9 cm³/mol. The third-order valence-electron chi connectivity index (χ3n) is 2.34. The first kappa shape index (κ1) is 14.5. The summed E-state index contributed by atoms with van der Waals surface area (Å²) in [4.78, 5) is 11.4. The van der Waals surface area contributed by atoms with Gasteiger partial charge in [-0.3, -0.25) is 9.48 Å². The van der Waals surface area contributed by atoms with Crippen LogP contribution in [0.15, 0.2) is 6.07 Å². The number of rotatable bonds is 5. The van der Waals surface area contributed by atoms with Crippen molar-refractivity contribution < 1.29 is 18.0 Å². The van der Waals surface area contributed by atoms with E-state index in [1.54, 1.807) is 0 Å². The number of hydrogen-bond donors (Lipinski definition) is 1. The first-order chi connectivity index (χ1) is 8.34. The molecule has 1 heterocycles. The lowest BCUT2D eigenvalue weighted by Gasteiger charge is -2.10. The summed E-state index contributed by atoms with van der Waals surface area (Å²) < 4.78 is 38.6. The second-order valence-electron chi connectivity index (χ2n) is 4.03. The number of alkyl halides is 3. The predicted octanol–water partition coefficient (Wildman–Crippen LogP) is 2.13. The highest BCUT2D eigenvalue weighted by Gasteiger charge is 2.35. The average molecular weight is 263 g/mol. The smallest absolute Gasteiger partial charge is 0.354 e. The highest BCUT2D eigenvalue weighted by atomic mass is 19.4. The SMILES string of the molecule is CCCCNC(=O)Cn1nc(C)cc1C(F)(F)F. The third kappa shape index (κ3) is 4.05. The normalized spacial score (nSPS) is 11.6. The van der Waals surface area contributed by atoms with Gasteiger partial charge in [-0.1, -0.05) is 13.3 Å². The number of aryl methyl sites for hydroxylation is 1. The van der Waals surface area contributed by atoms with Crippen molar-refractivity contribution in [1.82, 2.24) is 15.1 Å². The van der Waals surface area contributed by atoms with E-state index in [1.807, 2.05) is 6.92 Å². The zero-order valence-corrected chi connectivity index (χ0v) is 10.3. The molecule has 1 amide bonds. The standard InChI is InChI=1S/C11H16F3N3O/c1-3-4-5-15-10(18)7-17-9(11(12,13)14)6-8(2)16-17/h6H,3-5,7H2,1-2H3,(H,15,18). The Bertz CT molecular complexity index is 412. The fraction of sp³-hybridized carbons (Fsp3) is 0.636. The minimum Gasteiger partial charge on any atom is -0.354 e. The Morgan fingerprint density at radius 3 is 2.72 bits per heavy atom. The van der Waals surface area contributed by atoms with Gasteiger partial charge in [-0.25, -0.2) is 0 Å². The van der Waals surface area contributed by atoms with Crippen molar-refractivity contribution >= 4 is 5.91 Å². The highest BCUT2D eigenvalue weighted by molar-refractivity contribution is 5.75. The topological polar surface area (TPSA) is 46.9 Å². The molecule has 0 fully saturated rings. The van der Waals surface area contributed by atoms with E-state index in [-0.39, 0.29) is 5.69 Å². The van der Waals surface area contributed by atoms with E-state index in [0.717, 1.165) is 18.9 Å². The van der Waals surface area contributed by atoms with Gasteiger partial charge in [-0.2, -0.15) is 18.3 Å². The summed E-state index contributed by atoms with van der Waals surface area (Å²) in [6.07, 6.45) is -2.78. The number of halogens is 3. The molecule has 4 nitrogen and oxygen atoms in total. The van der Waals surface area contributed by atoms with Crippen LogP contribution < -0.4 is 5.32 Å². The molecule has 0 bridgehead atoms. The quantitative estimate of drug-likeness (QED) is 0.827. The molecule has 0 saturated heterocycles. The Morgan fingerprint density at radius 1 is 1.50 bits per heavy atom. The van der Waals surface area contributed by atoms with E-state index in [1.165, 1.54) is 6.92 Å². The van der Waals surface area contributed by atoms with Gasteiger partial charge in [-0.15, -0.1) is 0 Å². The van der Waals surface area contributed by atoms with E-state index < -0.39 is 24.3 Å². The van der Waals surface area contributed by atoms with E-state index >= 15 is 0 Å². The summed E-state index contributed by atoms with van der Waals surface area (Å²) in [6, 6.07) is 0.930. The lowest BCUT2D eigenvalue weighted by Crippen LogP contribution is -2.30. The molecule has 0 aromatic carbocycles. The van der Waals surface area contributed by atoms with Crippen molar-refractivity contribution in [3.63, 3.8) is 0 Å². The van der Waals surface area contributed by atoms with Crippen molar-refractivity contribution in [2.24, 2.45) is 0 Å². The van der Waals surface area contributed by atoms with Crippen LogP contribution in [0.5, 0.6) is 0 Å². The molecule has 1 aromatic rings. The maximum Gasteiger partial charge on any atom is 0.433 e. The van der Waals surface area contributed by atoms with Gasteiger partial charge < -0.3 is 5.32 Å². The maximum atomic E-state index is 12.6. The molecular weight excluding hydrogens is 247 g/mol. The molecule has 0 aliphatic heterocycles. The summed E-state index contributed by atoms with van der Waals surface area (Å²) in [7, 11) is 0. The minimum atomic E-state index is -4.50. The van der Waals surface area contributed by atoms with Crippen molar-refractivity contribution in [2.75, 3.05) is 6.54 Å². The third-order valence-corrected chi connectivity index (χ3v) is 2.34. The summed E-state index contributed by atoms with van der Waals surface area (Å²) in [5.74, 6) is -0.461. The van der Waals surface area contributed by atoms with Crippen LogP contribution in [-0.4, -0.2) is 22.2 Å². The van der Waals surface area contributed by atoms with Crippen LogP contribution in [0.2, 0.25) is 0 Å². The monoisotopic (exact) mass is 263 g/mol. The molecule has 1 rings (SSSR count). The van der Waals surface area contributed by atoms with Gasteiger partial charge in [0, 0.05) is 6.54 Å². The number of carbonyl (C=O) groups excluding carboxylic acids is 1. The van der Waals surface area contributed by atoms with Crippen LogP contribution in [0, 0.1) is 6.92 Å². The van der Waals surface area contributed by atoms with Gasteiger partial charge >= 0.3 is 6.18 Å². The molecule has 0 atom stereocenters. The fourth-order valence-corrected chi connectivity index (χ4v) is 1.49. The molecule has 1 aromatic heterocycles. The number of unbranched alkanes of at least 4 members (excludes halogenated alkanes) is 1. The van der Waals surface area contributed by atoms with Crippen molar-refractivity contribution in [1.29, 1.82) is 0 Å². The first-order valence-electron chi connectivity index (χ1n) is 5.73. The van der Waals surface area contributed by atoms with Crippen LogP contribution in [0.4, 0.5) is 13.2 Å². The Hall–Kier alpha value is -1.53. The second-order valence-corrected chi connectivity index (χ2v) is 4.03. The van der Waals surface area contributed by atoms with Gasteiger partial charge in [0.05, 0.1) is 5.69 Å². The number of hydrogen-bond acceptors (Lipinski definition) is 2. The van der Waals surface area contributed by atoms with Crippen LogP contribution in [0.25, 0.3) is 0 Å². The Labute approximate surface area is 103 Å². The molecule has 18 heavy (non-hydrogen) atoms. The van der Waals surface area contributed by atoms with E-state index in [2.05, 4.69) is 10.4 Å². The van der Waals surface area contributed by atoms with Crippen LogP contribution in [0.3, 0.4) is 0 Å². The zero-order valence-electron chi connectivity index (χ0n) is 10.3. The largest absolute Gasteiger partial charge is 0.433 e. The summed E-state index contributed by atoms with van der Waals surface area (Å²) >= 11 is 0. The van der Waals surface area contributed by atoms with Crippen molar-refractivity contribution in [3.05, 3.63) is 17.5 Å². The Balaban J connectivity index is 2.69. The minimum absolute atomic E-state index is 0.240. The number of carbonyl (C=O) groups is 1. The Morgan fingerprint density at radius 2 is 2.17 bits per heavy atom. The number of aromatic nitrogens is 2. The molecule has 0 radical (unpaired) electrons. The van der Waals surface area contributed by atoms with E-state index in [9.17, 15) is 18.0 Å². The average Bonchev–Trinajstić information content (AvgIpc) is 2.59. The first-order valence-corrected chi connectivity index (χ1v) is 5.73. The lowest BCUT2D eigenvalue weighted by atomic mass is 10.3. The maximum absolute atomic E-state index is 12.6. The molecule has 0 unspecified atom stereocenters. The molecule has 0 spiro atoms. The zero-order chi connectivity index (χ0) is 13.8. The fourth-order valence-electron chi connectivity index (χ4n) is 1.49. The van der Waals surface area contributed by atoms with Gasteiger partial charge in [0.1, 0.15) is 12.2 Å². The van der Waals surface area contributed by atoms with Crippen LogP contribution in [0.1, 0.15) is 31.2 Å². The second kappa shape index (κ2) is 5.88. The molecule has 0 aliphatic rings. The molecule has 0 aliphatic carbocycles. The van der Waals surface area contributed by atoms with E-state index in [4.69, 9.17) is 0 Å². The molecular formula is C11H16F3N3O. The number of nitrogens with zero attached hydrogens (tertiary/aromatic N) is 2. The van der Waals surface area contributed by atoms with Gasteiger partial charge in [0.25, 0.3) is 0 Å². The van der Waals surface area contributed by atoms with Gasteiger partial charge in [0.15, 0.2) is 0 Å². The van der Waals surface area contributed by atoms with E-state index in [0.29, 0.717) is 11.2 Å². The Kier molecular flexibility index (Phi) is 4.75. The summed E-state index contributed by atoms with van der Waals surface area (Å²) in [5, 5.41) is 6.23. The summed E-state index contributed by atoms with van der Waals surface area (Å²) in [6.45, 7) is 3.48. The van der Waals surface area contributed by atoms with Crippen LogP contribution in [-0.2, 0) is 17.5 Å². The van der Waals surface area contributed by atoms with Gasteiger partial charge in [-0.05, 0) is 19.4 Å². The van der Waals surface area contributed by atoms with Gasteiger partial charge in [0.2, 0.25) is 5.91 Å². The van der Waals surface area contributed by atoms with Crippen molar-refractivity contribution in [2.45, 2.75) is 39.4 Å². The number of amides is 1. The molecule has 0 saturated carbocycles.